The lowest BCUT2D eigenvalue weighted by Gasteiger charge is -2.23. The minimum Gasteiger partial charge on any atom is -0.378 e. The van der Waals surface area contributed by atoms with E-state index < -0.39 is 0 Å². The molecule has 0 saturated carbocycles. The number of carbonyl (C=O) groups excluding carboxylic acids is 1. The van der Waals surface area contributed by atoms with Gasteiger partial charge in [0, 0.05) is 13.2 Å². The van der Waals surface area contributed by atoms with Gasteiger partial charge >= 0.3 is 0 Å². The average Bonchev–Trinajstić information content (AvgIpc) is 2.37. The minimum absolute atomic E-state index is 0.0910. The fraction of sp³-hybridized carbons (Fsp3) is 0.929. The van der Waals surface area contributed by atoms with Crippen LogP contribution in [0.3, 0.4) is 0 Å². The van der Waals surface area contributed by atoms with Crippen LogP contribution in [0.1, 0.15) is 46.5 Å². The van der Waals surface area contributed by atoms with Crippen LogP contribution in [0.5, 0.6) is 0 Å². The van der Waals surface area contributed by atoms with Crippen molar-refractivity contribution in [1.82, 2.24) is 10.6 Å². The van der Waals surface area contributed by atoms with Crippen LogP contribution in [0.2, 0.25) is 0 Å². The predicted molar refractivity (Wildman–Crippen MR) is 73.5 cm³/mol. The van der Waals surface area contributed by atoms with Crippen molar-refractivity contribution in [3.05, 3.63) is 0 Å². The van der Waals surface area contributed by atoms with Crippen molar-refractivity contribution in [1.29, 1.82) is 0 Å². The summed E-state index contributed by atoms with van der Waals surface area (Å²) in [6.07, 6.45) is 5.02. The molecule has 2 unspecified atom stereocenters. The molecule has 0 radical (unpaired) electrons. The molecular formula is C14H28N2O2. The van der Waals surface area contributed by atoms with Gasteiger partial charge in [-0.2, -0.15) is 0 Å². The summed E-state index contributed by atoms with van der Waals surface area (Å²) in [5, 5.41) is 6.20. The molecule has 0 aromatic rings. The monoisotopic (exact) mass is 256 g/mol. The standard InChI is InChI=1S/C14H28N2O2/c1-11(2)10-16-14(17)12(3)15-8-7-13-6-4-5-9-18-13/h11-13,15H,4-10H2,1-3H3,(H,16,17). The molecule has 18 heavy (non-hydrogen) atoms. The number of rotatable bonds is 7. The highest BCUT2D eigenvalue weighted by Crippen LogP contribution is 2.14. The molecule has 0 spiro atoms. The number of ether oxygens (including phenoxy) is 1. The number of hydrogen-bond acceptors (Lipinski definition) is 3. The van der Waals surface area contributed by atoms with Crippen LogP contribution in [0.15, 0.2) is 0 Å². The normalized spacial score (nSPS) is 21.9. The molecule has 0 aliphatic carbocycles. The zero-order valence-corrected chi connectivity index (χ0v) is 12.0. The Hall–Kier alpha value is -0.610. The van der Waals surface area contributed by atoms with E-state index in [0.717, 1.165) is 32.5 Å². The highest BCUT2D eigenvalue weighted by atomic mass is 16.5. The van der Waals surface area contributed by atoms with Gasteiger partial charge in [-0.15, -0.1) is 0 Å². The first-order valence-corrected chi connectivity index (χ1v) is 7.22. The minimum atomic E-state index is -0.118. The van der Waals surface area contributed by atoms with E-state index in [-0.39, 0.29) is 11.9 Å². The van der Waals surface area contributed by atoms with Gasteiger partial charge in [0.2, 0.25) is 5.91 Å². The van der Waals surface area contributed by atoms with Crippen molar-refractivity contribution < 1.29 is 9.53 Å². The lowest BCUT2D eigenvalue weighted by Crippen LogP contribution is -2.44. The third kappa shape index (κ3) is 6.36. The molecule has 4 heteroatoms. The fourth-order valence-electron chi connectivity index (χ4n) is 2.05. The predicted octanol–water partition coefficient (Wildman–Crippen LogP) is 1.70. The molecule has 4 nitrogen and oxygen atoms in total. The molecule has 1 saturated heterocycles. The van der Waals surface area contributed by atoms with Crippen LogP contribution in [0.25, 0.3) is 0 Å². The van der Waals surface area contributed by atoms with Crippen LogP contribution in [-0.4, -0.2) is 37.7 Å². The van der Waals surface area contributed by atoms with E-state index >= 15 is 0 Å². The number of carbonyl (C=O) groups is 1. The van der Waals surface area contributed by atoms with Gasteiger partial charge in [-0.3, -0.25) is 4.79 Å². The smallest absolute Gasteiger partial charge is 0.236 e. The van der Waals surface area contributed by atoms with E-state index in [9.17, 15) is 4.79 Å². The zero-order chi connectivity index (χ0) is 13.4. The first-order chi connectivity index (χ1) is 8.59. The molecule has 1 fully saturated rings. The lowest BCUT2D eigenvalue weighted by molar-refractivity contribution is -0.122. The van der Waals surface area contributed by atoms with Crippen molar-refractivity contribution in [2.24, 2.45) is 5.92 Å². The molecule has 0 aromatic heterocycles. The molecular weight excluding hydrogens is 228 g/mol. The number of nitrogens with one attached hydrogen (secondary N) is 2. The van der Waals surface area contributed by atoms with E-state index in [2.05, 4.69) is 24.5 Å². The molecule has 1 rings (SSSR count). The van der Waals surface area contributed by atoms with Gasteiger partial charge in [-0.1, -0.05) is 13.8 Å². The maximum absolute atomic E-state index is 11.7. The van der Waals surface area contributed by atoms with Gasteiger partial charge in [0.05, 0.1) is 12.1 Å². The number of amides is 1. The summed E-state index contributed by atoms with van der Waals surface area (Å²) in [6.45, 7) is 8.60. The van der Waals surface area contributed by atoms with Gasteiger partial charge < -0.3 is 15.4 Å². The molecule has 1 amide bonds. The Morgan fingerprint density at radius 1 is 1.33 bits per heavy atom. The maximum Gasteiger partial charge on any atom is 0.236 e. The summed E-state index contributed by atoms with van der Waals surface area (Å²) in [5.41, 5.74) is 0. The van der Waals surface area contributed by atoms with E-state index in [0.29, 0.717) is 12.0 Å². The van der Waals surface area contributed by atoms with E-state index in [1.165, 1.54) is 12.8 Å². The second-order valence-electron chi connectivity index (χ2n) is 5.59. The largest absolute Gasteiger partial charge is 0.378 e. The Morgan fingerprint density at radius 2 is 2.11 bits per heavy atom. The van der Waals surface area contributed by atoms with Gasteiger partial charge in [-0.25, -0.2) is 0 Å². The Labute approximate surface area is 111 Å². The fourth-order valence-corrected chi connectivity index (χ4v) is 2.05. The van der Waals surface area contributed by atoms with Crippen molar-refractivity contribution >= 4 is 5.91 Å². The summed E-state index contributed by atoms with van der Waals surface area (Å²) in [6, 6.07) is -0.118. The molecule has 0 bridgehead atoms. The molecule has 1 heterocycles. The molecule has 1 aliphatic heterocycles. The van der Waals surface area contributed by atoms with Crippen LogP contribution in [0, 0.1) is 5.92 Å². The van der Waals surface area contributed by atoms with E-state index in [4.69, 9.17) is 4.74 Å². The molecule has 1 aliphatic rings. The van der Waals surface area contributed by atoms with Crippen molar-refractivity contribution in [3.8, 4) is 0 Å². The Balaban J connectivity index is 2.08. The van der Waals surface area contributed by atoms with Gasteiger partial charge in [0.1, 0.15) is 0 Å². The second-order valence-corrected chi connectivity index (χ2v) is 5.59. The average molecular weight is 256 g/mol. The van der Waals surface area contributed by atoms with Crippen LogP contribution in [0.4, 0.5) is 0 Å². The van der Waals surface area contributed by atoms with Crippen LogP contribution < -0.4 is 10.6 Å². The van der Waals surface area contributed by atoms with Crippen molar-refractivity contribution in [2.45, 2.75) is 58.6 Å². The van der Waals surface area contributed by atoms with Gasteiger partial charge in [0.25, 0.3) is 0 Å². The summed E-state index contributed by atoms with van der Waals surface area (Å²) in [7, 11) is 0. The maximum atomic E-state index is 11.7. The summed E-state index contributed by atoms with van der Waals surface area (Å²) >= 11 is 0. The Morgan fingerprint density at radius 3 is 2.72 bits per heavy atom. The van der Waals surface area contributed by atoms with Crippen LogP contribution >= 0.6 is 0 Å². The molecule has 0 aromatic carbocycles. The van der Waals surface area contributed by atoms with Crippen LogP contribution in [-0.2, 0) is 9.53 Å². The third-order valence-corrected chi connectivity index (χ3v) is 3.27. The molecule has 2 N–H and O–H groups in total. The van der Waals surface area contributed by atoms with E-state index in [1.807, 2.05) is 6.92 Å². The quantitative estimate of drug-likeness (QED) is 0.729. The van der Waals surface area contributed by atoms with Gasteiger partial charge in [-0.05, 0) is 45.1 Å². The topological polar surface area (TPSA) is 50.4 Å². The van der Waals surface area contributed by atoms with Crippen molar-refractivity contribution in [2.75, 3.05) is 19.7 Å². The lowest BCUT2D eigenvalue weighted by atomic mass is 10.1. The molecule has 106 valence electrons. The highest BCUT2D eigenvalue weighted by molar-refractivity contribution is 5.81. The first-order valence-electron chi connectivity index (χ1n) is 7.22. The SMILES string of the molecule is CC(C)CNC(=O)C(C)NCCC1CCCCO1. The summed E-state index contributed by atoms with van der Waals surface area (Å²) in [4.78, 5) is 11.7. The zero-order valence-electron chi connectivity index (χ0n) is 12.0. The number of hydrogen-bond donors (Lipinski definition) is 2. The third-order valence-electron chi connectivity index (χ3n) is 3.27. The van der Waals surface area contributed by atoms with E-state index in [1.54, 1.807) is 0 Å². The first kappa shape index (κ1) is 15.4. The van der Waals surface area contributed by atoms with Gasteiger partial charge in [0.15, 0.2) is 0 Å². The molecule has 2 atom stereocenters. The summed E-state index contributed by atoms with van der Waals surface area (Å²) < 4.78 is 5.66. The summed E-state index contributed by atoms with van der Waals surface area (Å²) in [5.74, 6) is 0.588. The highest BCUT2D eigenvalue weighted by Gasteiger charge is 2.15. The second kappa shape index (κ2) is 8.48. The Kier molecular flexibility index (Phi) is 7.28. The Bertz CT molecular complexity index is 238. The van der Waals surface area contributed by atoms with Crippen molar-refractivity contribution in [3.63, 3.8) is 0 Å².